The van der Waals surface area contributed by atoms with Crippen molar-refractivity contribution in [3.05, 3.63) is 59.4 Å². The van der Waals surface area contributed by atoms with E-state index in [0.717, 1.165) is 11.1 Å². The van der Waals surface area contributed by atoms with Gasteiger partial charge >= 0.3 is 0 Å². The van der Waals surface area contributed by atoms with Gasteiger partial charge in [0.15, 0.2) is 5.78 Å². The second-order valence-corrected chi connectivity index (χ2v) is 4.10. The molecule has 0 aliphatic rings. The van der Waals surface area contributed by atoms with Gasteiger partial charge in [-0.15, -0.1) is 0 Å². The molecule has 0 saturated heterocycles. The predicted molar refractivity (Wildman–Crippen MR) is 66.6 cm³/mol. The van der Waals surface area contributed by atoms with Crippen LogP contribution in [-0.2, 0) is 0 Å². The van der Waals surface area contributed by atoms with Crippen LogP contribution in [0.3, 0.4) is 0 Å². The lowest BCUT2D eigenvalue weighted by Gasteiger charge is -2.05. The van der Waals surface area contributed by atoms with E-state index >= 15 is 0 Å². The van der Waals surface area contributed by atoms with Crippen LogP contribution in [0.2, 0.25) is 0 Å². The third kappa shape index (κ3) is 2.41. The van der Waals surface area contributed by atoms with E-state index in [2.05, 4.69) is 0 Å². The van der Waals surface area contributed by atoms with Crippen LogP contribution in [-0.4, -0.2) is 5.78 Å². The van der Waals surface area contributed by atoms with E-state index in [1.54, 1.807) is 25.1 Å². The molecule has 0 heterocycles. The standard InChI is InChI=1S/C15H13FO/c1-10-6-7-14(9-15(10)16)13-5-3-4-12(8-13)11(2)17/h3-9H,1-2H3. The Bertz CT molecular complexity index is 573. The molecule has 0 unspecified atom stereocenters. The van der Waals surface area contributed by atoms with Crippen molar-refractivity contribution >= 4 is 5.78 Å². The maximum Gasteiger partial charge on any atom is 0.159 e. The summed E-state index contributed by atoms with van der Waals surface area (Å²) < 4.78 is 13.5. The van der Waals surface area contributed by atoms with Gasteiger partial charge in [-0.2, -0.15) is 0 Å². The Morgan fingerprint density at radius 3 is 2.41 bits per heavy atom. The largest absolute Gasteiger partial charge is 0.295 e. The zero-order chi connectivity index (χ0) is 12.4. The number of halogens is 1. The number of hydrogen-bond acceptors (Lipinski definition) is 1. The molecule has 0 spiro atoms. The first-order chi connectivity index (χ1) is 8.08. The lowest BCUT2D eigenvalue weighted by atomic mass is 10.0. The fourth-order valence-corrected chi connectivity index (χ4v) is 1.69. The van der Waals surface area contributed by atoms with E-state index in [1.165, 1.54) is 13.0 Å². The number of aryl methyl sites for hydroxylation is 1. The van der Waals surface area contributed by atoms with Gasteiger partial charge in [-0.25, -0.2) is 4.39 Å². The second-order valence-electron chi connectivity index (χ2n) is 4.10. The monoisotopic (exact) mass is 228 g/mol. The van der Waals surface area contributed by atoms with Crippen LogP contribution < -0.4 is 0 Å². The average Bonchev–Trinajstić information content (AvgIpc) is 2.33. The molecule has 0 bridgehead atoms. The number of benzene rings is 2. The third-order valence-corrected chi connectivity index (χ3v) is 2.77. The van der Waals surface area contributed by atoms with E-state index < -0.39 is 0 Å². The van der Waals surface area contributed by atoms with Gasteiger partial charge < -0.3 is 0 Å². The molecule has 2 aromatic carbocycles. The Balaban J connectivity index is 2.49. The quantitative estimate of drug-likeness (QED) is 0.710. The number of carbonyl (C=O) groups is 1. The molecule has 0 N–H and O–H groups in total. The first kappa shape index (κ1) is 11.5. The van der Waals surface area contributed by atoms with Crippen molar-refractivity contribution < 1.29 is 9.18 Å². The van der Waals surface area contributed by atoms with E-state index in [0.29, 0.717) is 11.1 Å². The minimum atomic E-state index is -0.226. The van der Waals surface area contributed by atoms with Gasteiger partial charge in [0.05, 0.1) is 0 Å². The van der Waals surface area contributed by atoms with Gasteiger partial charge in [0.2, 0.25) is 0 Å². The van der Waals surface area contributed by atoms with Crippen LogP contribution in [0, 0.1) is 12.7 Å². The van der Waals surface area contributed by atoms with E-state index in [9.17, 15) is 9.18 Å². The number of ketones is 1. The molecule has 0 saturated carbocycles. The number of rotatable bonds is 2. The molecule has 0 amide bonds. The van der Waals surface area contributed by atoms with Gasteiger partial charge in [-0.1, -0.05) is 30.3 Å². The maximum atomic E-state index is 13.5. The molecule has 0 aliphatic heterocycles. The van der Waals surface area contributed by atoms with Gasteiger partial charge in [0.25, 0.3) is 0 Å². The summed E-state index contributed by atoms with van der Waals surface area (Å²) in [6.45, 7) is 3.25. The number of hydrogen-bond donors (Lipinski definition) is 0. The summed E-state index contributed by atoms with van der Waals surface area (Å²) in [5.74, 6) is -0.213. The van der Waals surface area contributed by atoms with Gasteiger partial charge in [-0.3, -0.25) is 4.79 Å². The number of carbonyl (C=O) groups excluding carboxylic acids is 1. The molecule has 2 heteroatoms. The van der Waals surface area contributed by atoms with Crippen molar-refractivity contribution in [2.75, 3.05) is 0 Å². The minimum absolute atomic E-state index is 0.0134. The predicted octanol–water partition coefficient (Wildman–Crippen LogP) is 4.00. The summed E-state index contributed by atoms with van der Waals surface area (Å²) >= 11 is 0. The fourth-order valence-electron chi connectivity index (χ4n) is 1.69. The topological polar surface area (TPSA) is 17.1 Å². The Hall–Kier alpha value is -1.96. The van der Waals surface area contributed by atoms with E-state index in [1.807, 2.05) is 18.2 Å². The van der Waals surface area contributed by atoms with Gasteiger partial charge in [0, 0.05) is 5.56 Å². The third-order valence-electron chi connectivity index (χ3n) is 2.77. The van der Waals surface area contributed by atoms with E-state index in [-0.39, 0.29) is 11.6 Å². The van der Waals surface area contributed by atoms with Crippen LogP contribution in [0.15, 0.2) is 42.5 Å². The van der Waals surface area contributed by atoms with Crippen molar-refractivity contribution in [1.29, 1.82) is 0 Å². The first-order valence-corrected chi connectivity index (χ1v) is 5.45. The molecule has 0 fully saturated rings. The molecule has 0 aliphatic carbocycles. The fraction of sp³-hybridized carbons (Fsp3) is 0.133. The normalized spacial score (nSPS) is 10.3. The Morgan fingerprint density at radius 1 is 1.06 bits per heavy atom. The van der Waals surface area contributed by atoms with Crippen LogP contribution in [0.5, 0.6) is 0 Å². The van der Waals surface area contributed by atoms with Crippen LogP contribution >= 0.6 is 0 Å². The molecule has 0 radical (unpaired) electrons. The van der Waals surface area contributed by atoms with Crippen molar-refractivity contribution in [2.45, 2.75) is 13.8 Å². The summed E-state index contributed by atoms with van der Waals surface area (Å²) in [7, 11) is 0. The maximum absolute atomic E-state index is 13.5. The summed E-state index contributed by atoms with van der Waals surface area (Å²) in [5, 5.41) is 0. The van der Waals surface area contributed by atoms with Gasteiger partial charge in [0.1, 0.15) is 5.82 Å². The summed E-state index contributed by atoms with van der Waals surface area (Å²) in [5.41, 5.74) is 2.91. The summed E-state index contributed by atoms with van der Waals surface area (Å²) in [6.07, 6.45) is 0. The average molecular weight is 228 g/mol. The Kier molecular flexibility index (Phi) is 3.05. The molecule has 1 nitrogen and oxygen atoms in total. The van der Waals surface area contributed by atoms with Gasteiger partial charge in [-0.05, 0) is 42.7 Å². The Labute approximate surface area is 99.9 Å². The first-order valence-electron chi connectivity index (χ1n) is 5.45. The van der Waals surface area contributed by atoms with Crippen LogP contribution in [0.25, 0.3) is 11.1 Å². The Morgan fingerprint density at radius 2 is 1.76 bits per heavy atom. The highest BCUT2D eigenvalue weighted by Crippen LogP contribution is 2.22. The molecule has 0 atom stereocenters. The molecule has 2 aromatic rings. The zero-order valence-corrected chi connectivity index (χ0v) is 9.83. The second kappa shape index (κ2) is 4.50. The molecule has 2 rings (SSSR count). The lowest BCUT2D eigenvalue weighted by molar-refractivity contribution is 0.101. The number of Topliss-reactive ketones (excluding diaryl/α,β-unsaturated/α-hetero) is 1. The molecular weight excluding hydrogens is 215 g/mol. The summed E-state index contributed by atoms with van der Waals surface area (Å²) in [4.78, 5) is 11.3. The highest BCUT2D eigenvalue weighted by Gasteiger charge is 2.04. The van der Waals surface area contributed by atoms with Crippen molar-refractivity contribution in [3.8, 4) is 11.1 Å². The van der Waals surface area contributed by atoms with Crippen molar-refractivity contribution in [2.24, 2.45) is 0 Å². The summed E-state index contributed by atoms with van der Waals surface area (Å²) in [6, 6.07) is 12.3. The molecule has 0 aromatic heterocycles. The molecule has 86 valence electrons. The zero-order valence-electron chi connectivity index (χ0n) is 9.83. The van der Waals surface area contributed by atoms with Crippen LogP contribution in [0.1, 0.15) is 22.8 Å². The molecular formula is C15H13FO. The van der Waals surface area contributed by atoms with Crippen LogP contribution in [0.4, 0.5) is 4.39 Å². The highest BCUT2D eigenvalue weighted by molar-refractivity contribution is 5.95. The SMILES string of the molecule is CC(=O)c1cccc(-c2ccc(C)c(F)c2)c1. The van der Waals surface area contributed by atoms with E-state index in [4.69, 9.17) is 0 Å². The molecule has 17 heavy (non-hydrogen) atoms. The minimum Gasteiger partial charge on any atom is -0.295 e. The highest BCUT2D eigenvalue weighted by atomic mass is 19.1. The van der Waals surface area contributed by atoms with Crippen molar-refractivity contribution in [1.82, 2.24) is 0 Å². The smallest absolute Gasteiger partial charge is 0.159 e. The van der Waals surface area contributed by atoms with Crippen molar-refractivity contribution in [3.63, 3.8) is 0 Å². The lowest BCUT2D eigenvalue weighted by Crippen LogP contribution is -1.92.